The molecule has 4 nitrogen and oxygen atoms in total. The highest BCUT2D eigenvalue weighted by Crippen LogP contribution is 1.98. The third-order valence-corrected chi connectivity index (χ3v) is 2.15. The number of nitrogens with one attached hydrogen (secondary N) is 2. The molecule has 0 aliphatic heterocycles. The van der Waals surface area contributed by atoms with Gasteiger partial charge in [0, 0.05) is 18.1 Å². The molecule has 0 aliphatic carbocycles. The van der Waals surface area contributed by atoms with Crippen LogP contribution in [0.5, 0.6) is 0 Å². The minimum absolute atomic E-state index is 0.0315. The van der Waals surface area contributed by atoms with Crippen molar-refractivity contribution in [1.29, 1.82) is 0 Å². The number of halogens is 1. The molecule has 1 heterocycles. The summed E-state index contributed by atoms with van der Waals surface area (Å²) in [5.41, 5.74) is 0.531. The number of aromatic amines is 1. The summed E-state index contributed by atoms with van der Waals surface area (Å²) in [4.78, 5) is 11.4. The standard InChI is InChI=1S/C8H12ClN3O/c1-2-7(3-9)12-8(13)6-4-10-11-5-6/h4-5,7H,2-3H2,1H3,(H,10,11)(H,12,13). The Morgan fingerprint density at radius 1 is 1.85 bits per heavy atom. The first-order chi connectivity index (χ1) is 6.27. The number of rotatable bonds is 4. The lowest BCUT2D eigenvalue weighted by molar-refractivity contribution is 0.0940. The zero-order chi connectivity index (χ0) is 9.68. The largest absolute Gasteiger partial charge is 0.348 e. The fourth-order valence-electron chi connectivity index (χ4n) is 0.894. The van der Waals surface area contributed by atoms with Crippen LogP contribution in [0.25, 0.3) is 0 Å². The van der Waals surface area contributed by atoms with E-state index in [4.69, 9.17) is 11.6 Å². The van der Waals surface area contributed by atoms with Gasteiger partial charge in [-0.3, -0.25) is 9.89 Å². The van der Waals surface area contributed by atoms with Gasteiger partial charge in [-0.15, -0.1) is 11.6 Å². The maximum absolute atomic E-state index is 11.4. The first kappa shape index (κ1) is 10.1. The van der Waals surface area contributed by atoms with Crippen LogP contribution in [-0.4, -0.2) is 28.0 Å². The number of carbonyl (C=O) groups is 1. The van der Waals surface area contributed by atoms with Crippen molar-refractivity contribution in [1.82, 2.24) is 15.5 Å². The summed E-state index contributed by atoms with van der Waals surface area (Å²) in [6.07, 6.45) is 3.86. The number of hydrogen-bond acceptors (Lipinski definition) is 2. The quantitative estimate of drug-likeness (QED) is 0.719. The molecule has 72 valence electrons. The lowest BCUT2D eigenvalue weighted by Crippen LogP contribution is -2.35. The minimum atomic E-state index is -0.138. The maximum Gasteiger partial charge on any atom is 0.254 e. The van der Waals surface area contributed by atoms with Gasteiger partial charge >= 0.3 is 0 Å². The topological polar surface area (TPSA) is 57.8 Å². The first-order valence-corrected chi connectivity index (χ1v) is 4.67. The van der Waals surface area contributed by atoms with Gasteiger partial charge in [-0.05, 0) is 6.42 Å². The number of amides is 1. The highest BCUT2D eigenvalue weighted by atomic mass is 35.5. The van der Waals surface area contributed by atoms with E-state index in [2.05, 4.69) is 15.5 Å². The Morgan fingerprint density at radius 2 is 2.62 bits per heavy atom. The van der Waals surface area contributed by atoms with Gasteiger partial charge in [0.25, 0.3) is 5.91 Å². The van der Waals surface area contributed by atoms with E-state index in [-0.39, 0.29) is 11.9 Å². The molecule has 5 heteroatoms. The van der Waals surface area contributed by atoms with Crippen molar-refractivity contribution >= 4 is 17.5 Å². The third-order valence-electron chi connectivity index (χ3n) is 1.77. The van der Waals surface area contributed by atoms with Gasteiger partial charge < -0.3 is 5.32 Å². The molecular weight excluding hydrogens is 190 g/mol. The van der Waals surface area contributed by atoms with Crippen LogP contribution in [-0.2, 0) is 0 Å². The molecule has 0 saturated carbocycles. The minimum Gasteiger partial charge on any atom is -0.348 e. The summed E-state index contributed by atoms with van der Waals surface area (Å²) >= 11 is 5.63. The third kappa shape index (κ3) is 2.73. The zero-order valence-electron chi connectivity index (χ0n) is 7.38. The molecule has 1 rings (SSSR count). The lowest BCUT2D eigenvalue weighted by atomic mass is 10.2. The van der Waals surface area contributed by atoms with E-state index >= 15 is 0 Å². The Hall–Kier alpha value is -1.03. The highest BCUT2D eigenvalue weighted by molar-refractivity contribution is 6.18. The van der Waals surface area contributed by atoms with Crippen molar-refractivity contribution in [2.45, 2.75) is 19.4 Å². The monoisotopic (exact) mass is 201 g/mol. The second kappa shape index (κ2) is 4.87. The zero-order valence-corrected chi connectivity index (χ0v) is 8.14. The van der Waals surface area contributed by atoms with Crippen LogP contribution in [0.15, 0.2) is 12.4 Å². The first-order valence-electron chi connectivity index (χ1n) is 4.13. The van der Waals surface area contributed by atoms with Crippen molar-refractivity contribution in [3.8, 4) is 0 Å². The van der Waals surface area contributed by atoms with Crippen LogP contribution in [0.2, 0.25) is 0 Å². The summed E-state index contributed by atoms with van der Waals surface area (Å²) in [5.74, 6) is 0.293. The molecule has 0 aliphatic rings. The molecule has 13 heavy (non-hydrogen) atoms. The Labute approximate surface area is 81.7 Å². The van der Waals surface area contributed by atoms with Gasteiger partial charge in [-0.2, -0.15) is 5.10 Å². The molecule has 1 atom stereocenters. The molecule has 0 spiro atoms. The molecule has 1 amide bonds. The van der Waals surface area contributed by atoms with Crippen LogP contribution < -0.4 is 5.32 Å². The Morgan fingerprint density at radius 3 is 3.08 bits per heavy atom. The number of carbonyl (C=O) groups excluding carboxylic acids is 1. The van der Waals surface area contributed by atoms with Crippen molar-refractivity contribution in [2.75, 3.05) is 5.88 Å². The second-order valence-corrected chi connectivity index (χ2v) is 3.03. The number of aromatic nitrogens is 2. The van der Waals surface area contributed by atoms with Gasteiger partial charge in [-0.25, -0.2) is 0 Å². The van der Waals surface area contributed by atoms with Gasteiger partial charge in [0.05, 0.1) is 11.8 Å². The SMILES string of the molecule is CCC(CCl)NC(=O)c1cn[nH]c1. The van der Waals surface area contributed by atoms with Gasteiger partial charge in [-0.1, -0.05) is 6.92 Å². The fourth-order valence-corrected chi connectivity index (χ4v) is 1.19. The van der Waals surface area contributed by atoms with E-state index in [9.17, 15) is 4.79 Å². The predicted octanol–water partition coefficient (Wildman–Crippen LogP) is 1.16. The van der Waals surface area contributed by atoms with Crippen LogP contribution in [0.4, 0.5) is 0 Å². The van der Waals surface area contributed by atoms with Crippen LogP contribution in [0, 0.1) is 0 Å². The molecule has 0 radical (unpaired) electrons. The number of alkyl halides is 1. The number of nitrogens with zero attached hydrogens (tertiary/aromatic N) is 1. The molecule has 0 saturated heterocycles. The average Bonchev–Trinajstić information content (AvgIpc) is 2.66. The summed E-state index contributed by atoms with van der Waals surface area (Å²) in [6.45, 7) is 1.97. The molecule has 1 unspecified atom stereocenters. The van der Waals surface area contributed by atoms with E-state index in [1.54, 1.807) is 6.20 Å². The van der Waals surface area contributed by atoms with E-state index in [0.29, 0.717) is 11.4 Å². The predicted molar refractivity (Wildman–Crippen MR) is 50.9 cm³/mol. The van der Waals surface area contributed by atoms with Crippen LogP contribution in [0.1, 0.15) is 23.7 Å². The molecule has 0 bridgehead atoms. The van der Waals surface area contributed by atoms with Gasteiger partial charge in [0.1, 0.15) is 0 Å². The van der Waals surface area contributed by atoms with Crippen molar-refractivity contribution in [2.24, 2.45) is 0 Å². The van der Waals surface area contributed by atoms with Crippen LogP contribution >= 0.6 is 11.6 Å². The summed E-state index contributed by atoms with van der Waals surface area (Å²) in [5, 5.41) is 9.05. The maximum atomic E-state index is 11.4. The van der Waals surface area contributed by atoms with Gasteiger partial charge in [0.15, 0.2) is 0 Å². The van der Waals surface area contributed by atoms with Gasteiger partial charge in [0.2, 0.25) is 0 Å². The molecule has 2 N–H and O–H groups in total. The van der Waals surface area contributed by atoms with E-state index in [0.717, 1.165) is 6.42 Å². The lowest BCUT2D eigenvalue weighted by Gasteiger charge is -2.12. The van der Waals surface area contributed by atoms with E-state index < -0.39 is 0 Å². The van der Waals surface area contributed by atoms with Crippen molar-refractivity contribution in [3.63, 3.8) is 0 Å². The number of H-pyrrole nitrogens is 1. The number of hydrogen-bond donors (Lipinski definition) is 2. The Bertz CT molecular complexity index is 256. The molecule has 1 aromatic rings. The normalized spacial score (nSPS) is 12.5. The van der Waals surface area contributed by atoms with E-state index in [1.165, 1.54) is 6.20 Å². The highest BCUT2D eigenvalue weighted by Gasteiger charge is 2.11. The summed E-state index contributed by atoms with van der Waals surface area (Å²) in [7, 11) is 0. The average molecular weight is 202 g/mol. The summed E-state index contributed by atoms with van der Waals surface area (Å²) in [6, 6.07) is 0.0315. The Balaban J connectivity index is 2.50. The van der Waals surface area contributed by atoms with Crippen molar-refractivity contribution < 1.29 is 4.79 Å². The van der Waals surface area contributed by atoms with E-state index in [1.807, 2.05) is 6.92 Å². The molecule has 0 aromatic carbocycles. The molecular formula is C8H12ClN3O. The smallest absolute Gasteiger partial charge is 0.254 e. The molecule has 1 aromatic heterocycles. The van der Waals surface area contributed by atoms with Crippen LogP contribution in [0.3, 0.4) is 0 Å². The molecule has 0 fully saturated rings. The fraction of sp³-hybridized carbons (Fsp3) is 0.500. The summed E-state index contributed by atoms with van der Waals surface area (Å²) < 4.78 is 0. The van der Waals surface area contributed by atoms with Crippen molar-refractivity contribution in [3.05, 3.63) is 18.0 Å². The second-order valence-electron chi connectivity index (χ2n) is 2.72. The Kier molecular flexibility index (Phi) is 3.76.